The minimum absolute atomic E-state index is 0.951. The number of hydrogen-bond donors (Lipinski definition) is 0. The van der Waals surface area contributed by atoms with Crippen LogP contribution in [0.15, 0.2) is 16.7 Å². The second-order valence-electron chi connectivity index (χ2n) is 1.93. The number of pyridine rings is 1. The van der Waals surface area contributed by atoms with E-state index in [9.17, 15) is 0 Å². The number of hydrogen-bond acceptors (Lipinski definition) is 1. The third-order valence-corrected chi connectivity index (χ3v) is 3.44. The lowest BCUT2D eigenvalue weighted by atomic mass is 10.3. The molecule has 0 aliphatic carbocycles. The molecule has 0 saturated heterocycles. The fourth-order valence-corrected chi connectivity index (χ4v) is 1.31. The van der Waals surface area contributed by atoms with Gasteiger partial charge in [0.1, 0.15) is 4.60 Å². The maximum atomic E-state index is 4.30. The standard InChI is InChI=1S/C7H7BrIN/c1-2-5-3-4-6(9)7(8)10-5/h3-4H,2H2,1H3. The largest absolute Gasteiger partial charge is 0.245 e. The predicted octanol–water partition coefficient (Wildman–Crippen LogP) is 3.01. The molecule has 0 unspecified atom stereocenters. The van der Waals surface area contributed by atoms with Gasteiger partial charge in [-0.3, -0.25) is 0 Å². The lowest BCUT2D eigenvalue weighted by Gasteiger charge is -1.97. The Hall–Kier alpha value is 0.360. The molecule has 0 fully saturated rings. The molecule has 54 valence electrons. The molecule has 0 amide bonds. The van der Waals surface area contributed by atoms with Gasteiger partial charge in [-0.15, -0.1) is 0 Å². The van der Waals surface area contributed by atoms with Crippen molar-refractivity contribution < 1.29 is 0 Å². The molecule has 0 aromatic carbocycles. The van der Waals surface area contributed by atoms with E-state index in [0.29, 0.717) is 0 Å². The van der Waals surface area contributed by atoms with Crippen molar-refractivity contribution in [1.29, 1.82) is 0 Å². The highest BCUT2D eigenvalue weighted by Crippen LogP contribution is 2.16. The van der Waals surface area contributed by atoms with Crippen LogP contribution < -0.4 is 0 Å². The van der Waals surface area contributed by atoms with E-state index in [1.807, 2.05) is 6.07 Å². The van der Waals surface area contributed by atoms with Crippen molar-refractivity contribution in [3.8, 4) is 0 Å². The highest BCUT2D eigenvalue weighted by atomic mass is 127. The van der Waals surface area contributed by atoms with Gasteiger partial charge in [-0.25, -0.2) is 4.98 Å². The number of aryl methyl sites for hydroxylation is 1. The van der Waals surface area contributed by atoms with Crippen molar-refractivity contribution in [2.45, 2.75) is 13.3 Å². The lowest BCUT2D eigenvalue weighted by molar-refractivity contribution is 1.02. The Balaban J connectivity index is 3.04. The first-order valence-corrected chi connectivity index (χ1v) is 4.92. The van der Waals surface area contributed by atoms with Crippen molar-refractivity contribution in [3.63, 3.8) is 0 Å². The lowest BCUT2D eigenvalue weighted by Crippen LogP contribution is -1.88. The molecule has 0 saturated carbocycles. The van der Waals surface area contributed by atoms with Crippen LogP contribution in [-0.2, 0) is 6.42 Å². The van der Waals surface area contributed by atoms with E-state index in [4.69, 9.17) is 0 Å². The highest BCUT2D eigenvalue weighted by Gasteiger charge is 1.96. The maximum absolute atomic E-state index is 4.30. The molecule has 1 aromatic heterocycles. The summed E-state index contributed by atoms with van der Waals surface area (Å²) in [6.45, 7) is 2.10. The monoisotopic (exact) mass is 311 g/mol. The second kappa shape index (κ2) is 3.67. The van der Waals surface area contributed by atoms with E-state index >= 15 is 0 Å². The molecule has 0 radical (unpaired) electrons. The second-order valence-corrected chi connectivity index (χ2v) is 3.84. The van der Waals surface area contributed by atoms with Gasteiger partial charge < -0.3 is 0 Å². The molecule has 1 aromatic rings. The molecule has 0 N–H and O–H groups in total. The molecule has 0 bridgehead atoms. The molecule has 3 heteroatoms. The normalized spacial score (nSPS) is 9.90. The van der Waals surface area contributed by atoms with Gasteiger partial charge in [-0.2, -0.15) is 0 Å². The highest BCUT2D eigenvalue weighted by molar-refractivity contribution is 14.1. The van der Waals surface area contributed by atoms with Crippen molar-refractivity contribution in [3.05, 3.63) is 26.0 Å². The first-order valence-electron chi connectivity index (χ1n) is 3.05. The molecular formula is C7H7BrIN. The zero-order valence-corrected chi connectivity index (χ0v) is 9.31. The predicted molar refractivity (Wildman–Crippen MR) is 54.0 cm³/mol. The zero-order valence-electron chi connectivity index (χ0n) is 5.56. The summed E-state index contributed by atoms with van der Waals surface area (Å²) in [5.41, 5.74) is 1.13. The first kappa shape index (κ1) is 8.46. The minimum atomic E-state index is 0.951. The molecule has 0 aliphatic rings. The number of nitrogens with zero attached hydrogens (tertiary/aromatic N) is 1. The molecule has 0 atom stereocenters. The SMILES string of the molecule is CCc1ccc(I)c(Br)n1. The van der Waals surface area contributed by atoms with Crippen LogP contribution in [0.5, 0.6) is 0 Å². The van der Waals surface area contributed by atoms with Gasteiger partial charge >= 0.3 is 0 Å². The van der Waals surface area contributed by atoms with Crippen molar-refractivity contribution in [2.24, 2.45) is 0 Å². The quantitative estimate of drug-likeness (QED) is 0.574. The summed E-state index contributed by atoms with van der Waals surface area (Å²) in [6, 6.07) is 4.11. The van der Waals surface area contributed by atoms with E-state index in [-0.39, 0.29) is 0 Å². The third kappa shape index (κ3) is 1.92. The average Bonchev–Trinajstić information content (AvgIpc) is 1.95. The summed E-state index contributed by atoms with van der Waals surface area (Å²) in [7, 11) is 0. The Morgan fingerprint density at radius 2 is 2.30 bits per heavy atom. The number of halogens is 2. The van der Waals surface area contributed by atoms with Crippen LogP contribution in [0.25, 0.3) is 0 Å². The Bertz CT molecular complexity index is 237. The summed E-state index contributed by atoms with van der Waals surface area (Å²) in [6.07, 6.45) is 0.996. The molecule has 10 heavy (non-hydrogen) atoms. The van der Waals surface area contributed by atoms with Crippen LogP contribution in [0.2, 0.25) is 0 Å². The van der Waals surface area contributed by atoms with Crippen LogP contribution in [-0.4, -0.2) is 4.98 Å². The van der Waals surface area contributed by atoms with Crippen LogP contribution in [0, 0.1) is 3.57 Å². The molecule has 1 rings (SSSR count). The van der Waals surface area contributed by atoms with E-state index in [0.717, 1.165) is 20.3 Å². The molecular weight excluding hydrogens is 305 g/mol. The maximum Gasteiger partial charge on any atom is 0.119 e. The van der Waals surface area contributed by atoms with Crippen LogP contribution >= 0.6 is 38.5 Å². The van der Waals surface area contributed by atoms with Gasteiger partial charge in [-0.1, -0.05) is 6.92 Å². The van der Waals surface area contributed by atoms with Gasteiger partial charge in [0.25, 0.3) is 0 Å². The van der Waals surface area contributed by atoms with Crippen molar-refractivity contribution in [2.75, 3.05) is 0 Å². The van der Waals surface area contributed by atoms with Gasteiger partial charge in [-0.05, 0) is 57.1 Å². The first-order chi connectivity index (χ1) is 4.74. The molecule has 0 aliphatic heterocycles. The Morgan fingerprint density at radius 1 is 1.60 bits per heavy atom. The van der Waals surface area contributed by atoms with Crippen LogP contribution in [0.3, 0.4) is 0 Å². The fourth-order valence-electron chi connectivity index (χ4n) is 0.652. The van der Waals surface area contributed by atoms with Gasteiger partial charge in [0.15, 0.2) is 0 Å². The Morgan fingerprint density at radius 3 is 2.80 bits per heavy atom. The smallest absolute Gasteiger partial charge is 0.119 e. The van der Waals surface area contributed by atoms with Crippen LogP contribution in [0.4, 0.5) is 0 Å². The van der Waals surface area contributed by atoms with Gasteiger partial charge in [0.2, 0.25) is 0 Å². The summed E-state index contributed by atoms with van der Waals surface area (Å²) >= 11 is 5.62. The van der Waals surface area contributed by atoms with E-state index in [1.165, 1.54) is 0 Å². The molecule has 1 nitrogen and oxygen atoms in total. The average molecular weight is 312 g/mol. The Labute approximate surface area is 82.5 Å². The van der Waals surface area contributed by atoms with E-state index in [1.54, 1.807) is 0 Å². The summed E-state index contributed by atoms with van der Waals surface area (Å²) in [4.78, 5) is 4.30. The van der Waals surface area contributed by atoms with Gasteiger partial charge in [0.05, 0.1) is 0 Å². The van der Waals surface area contributed by atoms with E-state index in [2.05, 4.69) is 56.5 Å². The van der Waals surface area contributed by atoms with E-state index < -0.39 is 0 Å². The summed E-state index contributed by atoms with van der Waals surface area (Å²) in [5.74, 6) is 0. The van der Waals surface area contributed by atoms with Crippen LogP contribution in [0.1, 0.15) is 12.6 Å². The Kier molecular flexibility index (Phi) is 3.10. The third-order valence-electron chi connectivity index (χ3n) is 1.22. The van der Waals surface area contributed by atoms with Crippen molar-refractivity contribution in [1.82, 2.24) is 4.98 Å². The zero-order chi connectivity index (χ0) is 7.56. The van der Waals surface area contributed by atoms with Gasteiger partial charge in [0, 0.05) is 9.26 Å². The minimum Gasteiger partial charge on any atom is -0.245 e. The van der Waals surface area contributed by atoms with Crippen molar-refractivity contribution >= 4 is 38.5 Å². The summed E-state index contributed by atoms with van der Waals surface area (Å²) in [5, 5.41) is 0. The molecule has 1 heterocycles. The number of rotatable bonds is 1. The topological polar surface area (TPSA) is 12.9 Å². The molecule has 0 spiro atoms. The number of aromatic nitrogens is 1. The summed E-state index contributed by atoms with van der Waals surface area (Å²) < 4.78 is 2.11. The fraction of sp³-hybridized carbons (Fsp3) is 0.286.